The summed E-state index contributed by atoms with van der Waals surface area (Å²) in [5, 5.41) is 10.9. The number of aryl methyl sites for hydroxylation is 1. The lowest BCUT2D eigenvalue weighted by Crippen LogP contribution is -2.39. The van der Waals surface area contributed by atoms with Crippen molar-refractivity contribution in [3.63, 3.8) is 0 Å². The average molecular weight is 343 g/mol. The predicted molar refractivity (Wildman–Crippen MR) is 94.2 cm³/mol. The van der Waals surface area contributed by atoms with Crippen molar-refractivity contribution in [2.75, 3.05) is 13.2 Å². The van der Waals surface area contributed by atoms with Crippen molar-refractivity contribution in [2.45, 2.75) is 45.8 Å². The van der Waals surface area contributed by atoms with Gasteiger partial charge in [0, 0.05) is 13.1 Å². The Kier molecular flexibility index (Phi) is 5.53. The Morgan fingerprint density at radius 1 is 1.32 bits per heavy atom. The lowest BCUT2D eigenvalue weighted by molar-refractivity contribution is 0.192. The van der Waals surface area contributed by atoms with Crippen molar-refractivity contribution in [1.29, 1.82) is 0 Å². The van der Waals surface area contributed by atoms with Crippen LogP contribution in [0.4, 0.5) is 4.79 Å². The summed E-state index contributed by atoms with van der Waals surface area (Å²) in [6.07, 6.45) is 3.67. The molecule has 1 saturated heterocycles. The lowest BCUT2D eigenvalue weighted by Gasteiger charge is -2.25. The highest BCUT2D eigenvalue weighted by Gasteiger charge is 2.30. The quantitative estimate of drug-likeness (QED) is 0.875. The first-order chi connectivity index (χ1) is 12.2. The van der Waals surface area contributed by atoms with Crippen LogP contribution in [0.1, 0.15) is 44.1 Å². The van der Waals surface area contributed by atoms with Crippen LogP contribution in [0.25, 0.3) is 0 Å². The van der Waals surface area contributed by atoms with E-state index in [1.165, 1.54) is 0 Å². The second-order valence-corrected chi connectivity index (χ2v) is 6.05. The zero-order valence-corrected chi connectivity index (χ0v) is 14.8. The molecular weight excluding hydrogens is 318 g/mol. The van der Waals surface area contributed by atoms with Gasteiger partial charge in [-0.2, -0.15) is 0 Å². The third-order valence-corrected chi connectivity index (χ3v) is 4.52. The summed E-state index contributed by atoms with van der Waals surface area (Å²) in [6, 6.07) is 8.10. The number of likely N-dealkylation sites (tertiary alicyclic amines) is 1. The van der Waals surface area contributed by atoms with E-state index in [4.69, 9.17) is 4.74 Å². The van der Waals surface area contributed by atoms with Gasteiger partial charge in [0.05, 0.1) is 19.2 Å². The second-order valence-electron chi connectivity index (χ2n) is 6.05. The molecule has 0 spiro atoms. The molecule has 3 rings (SSSR count). The number of nitrogens with one attached hydrogen (secondary N) is 1. The van der Waals surface area contributed by atoms with Crippen LogP contribution >= 0.6 is 0 Å². The van der Waals surface area contributed by atoms with Crippen molar-refractivity contribution in [3.8, 4) is 5.75 Å². The molecule has 0 bridgehead atoms. The second kappa shape index (κ2) is 8.00. The largest absolute Gasteiger partial charge is 0.494 e. The summed E-state index contributed by atoms with van der Waals surface area (Å²) < 4.78 is 7.42. The molecule has 1 aliphatic rings. The first-order valence-corrected chi connectivity index (χ1v) is 8.86. The Morgan fingerprint density at radius 3 is 2.84 bits per heavy atom. The Balaban J connectivity index is 1.63. The summed E-state index contributed by atoms with van der Waals surface area (Å²) in [7, 11) is 0. The molecule has 1 aromatic carbocycles. The van der Waals surface area contributed by atoms with E-state index >= 15 is 0 Å². The predicted octanol–water partition coefficient (Wildman–Crippen LogP) is 2.74. The molecule has 7 heteroatoms. The number of benzene rings is 1. The highest BCUT2D eigenvalue weighted by atomic mass is 16.5. The Morgan fingerprint density at radius 2 is 2.12 bits per heavy atom. The zero-order chi connectivity index (χ0) is 17.6. The average Bonchev–Trinajstić information content (AvgIpc) is 3.29. The molecule has 1 N–H and O–H groups in total. The fraction of sp³-hybridized carbons (Fsp3) is 0.500. The van der Waals surface area contributed by atoms with Crippen molar-refractivity contribution < 1.29 is 9.53 Å². The fourth-order valence-corrected chi connectivity index (χ4v) is 3.25. The number of carbonyl (C=O) groups is 1. The van der Waals surface area contributed by atoms with Gasteiger partial charge in [0.15, 0.2) is 5.82 Å². The lowest BCUT2D eigenvalue weighted by atomic mass is 10.0. The van der Waals surface area contributed by atoms with Gasteiger partial charge in [0.2, 0.25) is 0 Å². The molecule has 1 aliphatic heterocycles. The Labute approximate surface area is 148 Å². The molecule has 0 saturated carbocycles. The first-order valence-electron chi connectivity index (χ1n) is 8.86. The summed E-state index contributed by atoms with van der Waals surface area (Å²) in [4.78, 5) is 14.5. The van der Waals surface area contributed by atoms with E-state index in [1.807, 2.05) is 35.4 Å². The van der Waals surface area contributed by atoms with E-state index in [0.717, 1.165) is 43.1 Å². The molecule has 25 heavy (non-hydrogen) atoms. The van der Waals surface area contributed by atoms with Gasteiger partial charge in [-0.3, -0.25) is 0 Å². The van der Waals surface area contributed by atoms with E-state index in [-0.39, 0.29) is 12.1 Å². The number of ether oxygens (including phenoxy) is 1. The van der Waals surface area contributed by atoms with Gasteiger partial charge in [-0.1, -0.05) is 12.1 Å². The van der Waals surface area contributed by atoms with E-state index in [1.54, 1.807) is 6.33 Å². The Bertz CT molecular complexity index is 698. The first kappa shape index (κ1) is 17.3. The molecule has 2 aromatic rings. The van der Waals surface area contributed by atoms with Crippen LogP contribution in [-0.4, -0.2) is 38.8 Å². The van der Waals surface area contributed by atoms with Crippen LogP contribution in [0.15, 0.2) is 30.6 Å². The van der Waals surface area contributed by atoms with Crippen LogP contribution in [0.2, 0.25) is 0 Å². The summed E-state index contributed by atoms with van der Waals surface area (Å²) in [6.45, 7) is 6.59. The topological polar surface area (TPSA) is 72.3 Å². The SMILES string of the molecule is CCOc1ccc(C2CCCN2C(=O)NCc2nncn2CC)cc1. The highest BCUT2D eigenvalue weighted by Crippen LogP contribution is 2.32. The van der Waals surface area contributed by atoms with Gasteiger partial charge in [0.1, 0.15) is 12.1 Å². The number of aromatic nitrogens is 3. The molecule has 0 aliphatic carbocycles. The number of carbonyl (C=O) groups excluding carboxylic acids is 1. The van der Waals surface area contributed by atoms with Gasteiger partial charge >= 0.3 is 6.03 Å². The number of rotatable bonds is 6. The molecule has 134 valence electrons. The van der Waals surface area contributed by atoms with Crippen LogP contribution in [0.3, 0.4) is 0 Å². The van der Waals surface area contributed by atoms with Crippen molar-refractivity contribution in [2.24, 2.45) is 0 Å². The van der Waals surface area contributed by atoms with E-state index < -0.39 is 0 Å². The van der Waals surface area contributed by atoms with Crippen molar-refractivity contribution in [1.82, 2.24) is 25.0 Å². The molecule has 7 nitrogen and oxygen atoms in total. The maximum absolute atomic E-state index is 12.6. The van der Waals surface area contributed by atoms with Crippen LogP contribution in [-0.2, 0) is 13.1 Å². The maximum Gasteiger partial charge on any atom is 0.318 e. The molecule has 2 amide bonds. The molecular formula is C18H25N5O2. The zero-order valence-electron chi connectivity index (χ0n) is 14.8. The van der Waals surface area contributed by atoms with Crippen LogP contribution in [0, 0.1) is 0 Å². The van der Waals surface area contributed by atoms with E-state index in [2.05, 4.69) is 27.6 Å². The van der Waals surface area contributed by atoms with Gasteiger partial charge < -0.3 is 19.5 Å². The van der Waals surface area contributed by atoms with Crippen molar-refractivity contribution in [3.05, 3.63) is 42.0 Å². The Hall–Kier alpha value is -2.57. The number of urea groups is 1. The van der Waals surface area contributed by atoms with Gasteiger partial charge in [-0.25, -0.2) is 4.79 Å². The number of hydrogen-bond acceptors (Lipinski definition) is 4. The molecule has 1 fully saturated rings. The number of amides is 2. The minimum absolute atomic E-state index is 0.0537. The molecule has 1 atom stereocenters. The summed E-state index contributed by atoms with van der Waals surface area (Å²) in [5.41, 5.74) is 1.15. The van der Waals surface area contributed by atoms with E-state index in [9.17, 15) is 4.79 Å². The number of nitrogens with zero attached hydrogens (tertiary/aromatic N) is 4. The monoisotopic (exact) mass is 343 g/mol. The normalized spacial score (nSPS) is 16.9. The smallest absolute Gasteiger partial charge is 0.318 e. The summed E-state index contributed by atoms with van der Waals surface area (Å²) >= 11 is 0. The third-order valence-electron chi connectivity index (χ3n) is 4.52. The standard InChI is InChI=1S/C18H25N5O2/c1-3-22-13-20-21-17(22)12-19-18(24)23-11-5-6-16(23)14-7-9-15(10-8-14)25-4-2/h7-10,13,16H,3-6,11-12H2,1-2H3,(H,19,24). The molecule has 1 aromatic heterocycles. The minimum Gasteiger partial charge on any atom is -0.494 e. The summed E-state index contributed by atoms with van der Waals surface area (Å²) in [5.74, 6) is 1.63. The number of hydrogen-bond donors (Lipinski definition) is 1. The third kappa shape index (κ3) is 3.92. The fourth-order valence-electron chi connectivity index (χ4n) is 3.25. The van der Waals surface area contributed by atoms with E-state index in [0.29, 0.717) is 13.2 Å². The van der Waals surface area contributed by atoms with Crippen LogP contribution in [0.5, 0.6) is 5.75 Å². The molecule has 2 heterocycles. The van der Waals surface area contributed by atoms with Gasteiger partial charge in [-0.15, -0.1) is 10.2 Å². The molecule has 0 radical (unpaired) electrons. The van der Waals surface area contributed by atoms with Gasteiger partial charge in [-0.05, 0) is 44.4 Å². The van der Waals surface area contributed by atoms with Crippen molar-refractivity contribution >= 4 is 6.03 Å². The minimum atomic E-state index is -0.0537. The maximum atomic E-state index is 12.6. The highest BCUT2D eigenvalue weighted by molar-refractivity contribution is 5.75. The van der Waals surface area contributed by atoms with Crippen LogP contribution < -0.4 is 10.1 Å². The molecule has 1 unspecified atom stereocenters. The van der Waals surface area contributed by atoms with Gasteiger partial charge in [0.25, 0.3) is 0 Å².